The number of hydrogen-bond donors (Lipinski definition) is 0. The molecule has 0 aromatic heterocycles. The van der Waals surface area contributed by atoms with Crippen molar-refractivity contribution < 1.29 is 0 Å². The van der Waals surface area contributed by atoms with Gasteiger partial charge in [0.25, 0.3) is 0 Å². The maximum atomic E-state index is 3.65. The third kappa shape index (κ3) is 6.92. The lowest BCUT2D eigenvalue weighted by Gasteiger charge is -2.25. The van der Waals surface area contributed by atoms with Gasteiger partial charge in [-0.1, -0.05) is 80.0 Å². The van der Waals surface area contributed by atoms with Gasteiger partial charge in [-0.05, 0) is 12.5 Å². The first-order chi connectivity index (χ1) is 8.34. The fourth-order valence-electron chi connectivity index (χ4n) is 2.13. The third-order valence-electron chi connectivity index (χ3n) is 3.25. The molecule has 1 nitrogen and oxygen atoms in total. The van der Waals surface area contributed by atoms with E-state index in [4.69, 9.17) is 0 Å². The van der Waals surface area contributed by atoms with Gasteiger partial charge in [0.1, 0.15) is 4.95 Å². The molecule has 98 valence electrons. The Morgan fingerprint density at radius 3 is 2.24 bits per heavy atom. The molecule has 1 unspecified atom stereocenters. The Bertz CT molecular complexity index is 235. The molecular weight excluding hydrogens is 274 g/mol. The zero-order valence-electron chi connectivity index (χ0n) is 11.1. The molecular formula is C15H26BrN. The van der Waals surface area contributed by atoms with E-state index in [0.29, 0.717) is 4.95 Å². The third-order valence-corrected chi connectivity index (χ3v) is 4.08. The SMILES string of the molecule is CCCCCCCCCCN1C=CC=CC1Br. The van der Waals surface area contributed by atoms with Crippen LogP contribution < -0.4 is 0 Å². The Kier molecular flexibility index (Phi) is 8.50. The molecule has 0 saturated heterocycles. The Hall–Kier alpha value is -0.240. The zero-order chi connectivity index (χ0) is 12.3. The van der Waals surface area contributed by atoms with Crippen molar-refractivity contribution in [3.8, 4) is 0 Å². The minimum absolute atomic E-state index is 0.400. The summed E-state index contributed by atoms with van der Waals surface area (Å²) in [6, 6.07) is 0. The van der Waals surface area contributed by atoms with Crippen LogP contribution in [0, 0.1) is 0 Å². The van der Waals surface area contributed by atoms with Crippen molar-refractivity contribution in [3.05, 3.63) is 24.4 Å². The lowest BCUT2D eigenvalue weighted by Crippen LogP contribution is -2.26. The first kappa shape index (κ1) is 14.8. The van der Waals surface area contributed by atoms with Crippen molar-refractivity contribution in [1.29, 1.82) is 0 Å². The van der Waals surface area contributed by atoms with Crippen molar-refractivity contribution in [2.24, 2.45) is 0 Å². The molecule has 0 amide bonds. The van der Waals surface area contributed by atoms with Crippen LogP contribution in [0.15, 0.2) is 24.4 Å². The second kappa shape index (κ2) is 9.76. The molecule has 0 bridgehead atoms. The smallest absolute Gasteiger partial charge is 0.103 e. The average molecular weight is 300 g/mol. The molecule has 1 heterocycles. The molecule has 17 heavy (non-hydrogen) atoms. The Morgan fingerprint density at radius 2 is 1.59 bits per heavy atom. The molecule has 1 atom stereocenters. The standard InChI is InChI=1S/C15H26BrN/c1-2-3-4-5-6-7-8-10-13-17-14-11-9-12-15(17)16/h9,11-12,14-15H,2-8,10,13H2,1H3. The van der Waals surface area contributed by atoms with Gasteiger partial charge in [-0.2, -0.15) is 0 Å². The highest BCUT2D eigenvalue weighted by Gasteiger charge is 2.09. The maximum absolute atomic E-state index is 3.65. The minimum Gasteiger partial charge on any atom is -0.362 e. The van der Waals surface area contributed by atoms with Gasteiger partial charge in [0.2, 0.25) is 0 Å². The van der Waals surface area contributed by atoms with Gasteiger partial charge < -0.3 is 4.90 Å². The first-order valence-corrected chi connectivity index (χ1v) is 8.01. The number of allylic oxidation sites excluding steroid dienone is 2. The lowest BCUT2D eigenvalue weighted by atomic mass is 10.1. The topological polar surface area (TPSA) is 3.24 Å². The van der Waals surface area contributed by atoms with E-state index in [-0.39, 0.29) is 0 Å². The quantitative estimate of drug-likeness (QED) is 0.320. The van der Waals surface area contributed by atoms with E-state index in [9.17, 15) is 0 Å². The fraction of sp³-hybridized carbons (Fsp3) is 0.733. The van der Waals surface area contributed by atoms with Gasteiger partial charge >= 0.3 is 0 Å². The van der Waals surface area contributed by atoms with Crippen molar-refractivity contribution in [1.82, 2.24) is 4.90 Å². The van der Waals surface area contributed by atoms with Crippen molar-refractivity contribution >= 4 is 15.9 Å². The Morgan fingerprint density at radius 1 is 0.941 bits per heavy atom. The summed E-state index contributed by atoms with van der Waals surface area (Å²) in [5.41, 5.74) is 0. The van der Waals surface area contributed by atoms with Crippen LogP contribution in [0.25, 0.3) is 0 Å². The highest BCUT2D eigenvalue weighted by atomic mass is 79.9. The Labute approximate surface area is 115 Å². The molecule has 0 fully saturated rings. The van der Waals surface area contributed by atoms with E-state index in [0.717, 1.165) is 0 Å². The van der Waals surface area contributed by atoms with Gasteiger partial charge in [-0.15, -0.1) is 0 Å². The molecule has 0 aromatic carbocycles. The van der Waals surface area contributed by atoms with Gasteiger partial charge in [0, 0.05) is 12.7 Å². The second-order valence-electron chi connectivity index (χ2n) is 4.81. The van der Waals surface area contributed by atoms with E-state index in [1.807, 2.05) is 0 Å². The van der Waals surface area contributed by atoms with Crippen LogP contribution in [-0.4, -0.2) is 16.4 Å². The van der Waals surface area contributed by atoms with Gasteiger partial charge in [-0.25, -0.2) is 0 Å². The van der Waals surface area contributed by atoms with Crippen LogP contribution in [0.5, 0.6) is 0 Å². The van der Waals surface area contributed by atoms with Gasteiger partial charge in [-0.3, -0.25) is 0 Å². The van der Waals surface area contributed by atoms with E-state index >= 15 is 0 Å². The van der Waals surface area contributed by atoms with E-state index < -0.39 is 0 Å². The molecule has 0 aliphatic carbocycles. The summed E-state index contributed by atoms with van der Waals surface area (Å²) in [5.74, 6) is 0. The maximum Gasteiger partial charge on any atom is 0.103 e. The first-order valence-electron chi connectivity index (χ1n) is 7.09. The molecule has 0 N–H and O–H groups in total. The van der Waals surface area contributed by atoms with E-state index in [1.165, 1.54) is 57.9 Å². The van der Waals surface area contributed by atoms with Crippen LogP contribution in [0.4, 0.5) is 0 Å². The van der Waals surface area contributed by atoms with E-state index in [2.05, 4.69) is 52.2 Å². The lowest BCUT2D eigenvalue weighted by molar-refractivity contribution is 0.375. The molecule has 2 heteroatoms. The summed E-state index contributed by atoms with van der Waals surface area (Å²) in [4.78, 5) is 2.76. The number of nitrogens with zero attached hydrogens (tertiary/aromatic N) is 1. The number of unbranched alkanes of at least 4 members (excludes halogenated alkanes) is 7. The number of rotatable bonds is 9. The molecule has 1 aliphatic rings. The molecule has 0 spiro atoms. The predicted molar refractivity (Wildman–Crippen MR) is 80.3 cm³/mol. The number of alkyl halides is 1. The second-order valence-corrected chi connectivity index (χ2v) is 5.75. The summed E-state index contributed by atoms with van der Waals surface area (Å²) in [7, 11) is 0. The van der Waals surface area contributed by atoms with Crippen molar-refractivity contribution in [3.63, 3.8) is 0 Å². The monoisotopic (exact) mass is 299 g/mol. The van der Waals surface area contributed by atoms with Crippen LogP contribution >= 0.6 is 15.9 Å². The van der Waals surface area contributed by atoms with Crippen LogP contribution in [0.1, 0.15) is 58.3 Å². The van der Waals surface area contributed by atoms with Crippen LogP contribution in [0.3, 0.4) is 0 Å². The minimum atomic E-state index is 0.400. The summed E-state index contributed by atoms with van der Waals surface area (Å²) >= 11 is 3.65. The largest absolute Gasteiger partial charge is 0.362 e. The summed E-state index contributed by atoms with van der Waals surface area (Å²) in [5, 5.41) is 0. The molecule has 1 aliphatic heterocycles. The van der Waals surface area contributed by atoms with Gasteiger partial charge in [0.15, 0.2) is 0 Å². The summed E-state index contributed by atoms with van der Waals surface area (Å²) in [6.45, 7) is 3.45. The van der Waals surface area contributed by atoms with Crippen molar-refractivity contribution in [2.75, 3.05) is 6.54 Å². The summed E-state index contributed by atoms with van der Waals surface area (Å²) in [6.07, 6.45) is 19.7. The molecule has 0 aromatic rings. The number of halogens is 1. The van der Waals surface area contributed by atoms with Crippen LogP contribution in [0.2, 0.25) is 0 Å². The van der Waals surface area contributed by atoms with Crippen molar-refractivity contribution in [2.45, 2.75) is 63.2 Å². The number of hydrogen-bond acceptors (Lipinski definition) is 1. The normalized spacial score (nSPS) is 18.9. The highest BCUT2D eigenvalue weighted by molar-refractivity contribution is 9.09. The molecule has 0 saturated carbocycles. The van der Waals surface area contributed by atoms with E-state index in [1.54, 1.807) is 0 Å². The average Bonchev–Trinajstić information content (AvgIpc) is 2.35. The summed E-state index contributed by atoms with van der Waals surface area (Å²) < 4.78 is 0. The highest BCUT2D eigenvalue weighted by Crippen LogP contribution is 2.16. The van der Waals surface area contributed by atoms with Gasteiger partial charge in [0.05, 0.1) is 0 Å². The molecule has 1 rings (SSSR count). The Balaban J connectivity index is 1.90. The molecule has 0 radical (unpaired) electrons. The predicted octanol–water partition coefficient (Wildman–Crippen LogP) is 5.23. The zero-order valence-corrected chi connectivity index (χ0v) is 12.7. The fourth-order valence-corrected chi connectivity index (χ4v) is 2.65. The van der Waals surface area contributed by atoms with Crippen LogP contribution in [-0.2, 0) is 0 Å².